The molecule has 0 aliphatic carbocycles. The van der Waals surface area contributed by atoms with Crippen LogP contribution < -0.4 is 9.47 Å². The summed E-state index contributed by atoms with van der Waals surface area (Å²) in [6, 6.07) is 14.1. The van der Waals surface area contributed by atoms with Crippen LogP contribution in [0.1, 0.15) is 11.1 Å². The number of carbonyl (C=O) groups excluding carboxylic acids is 1. The molecule has 2 aromatic carbocycles. The van der Waals surface area contributed by atoms with Gasteiger partial charge in [0.15, 0.2) is 0 Å². The third-order valence-corrected chi connectivity index (χ3v) is 5.19. The Morgan fingerprint density at radius 1 is 1.32 bits per heavy atom. The Kier molecular flexibility index (Phi) is 5.53. The molecule has 0 N–H and O–H groups in total. The normalized spacial score (nSPS) is 15.9. The van der Waals surface area contributed by atoms with E-state index in [0.29, 0.717) is 19.6 Å². The van der Waals surface area contributed by atoms with Gasteiger partial charge in [0.1, 0.15) is 18.1 Å². The maximum atomic E-state index is 12.8. The fourth-order valence-corrected chi connectivity index (χ4v) is 3.56. The number of methoxy groups -OCH3 is 1. The molecule has 2 aromatic rings. The largest absolute Gasteiger partial charge is 0.497 e. The second-order valence-corrected chi connectivity index (χ2v) is 7.11. The van der Waals surface area contributed by atoms with Gasteiger partial charge in [0.2, 0.25) is 5.91 Å². The number of benzene rings is 2. The van der Waals surface area contributed by atoms with Gasteiger partial charge in [-0.1, -0.05) is 18.2 Å². The zero-order valence-electron chi connectivity index (χ0n) is 14.8. The fraction of sp³-hybridized carbons (Fsp3) is 0.350. The highest BCUT2D eigenvalue weighted by Crippen LogP contribution is 2.31. The molecule has 1 atom stereocenters. The molecule has 1 heterocycles. The van der Waals surface area contributed by atoms with Gasteiger partial charge in [-0.2, -0.15) is 0 Å². The summed E-state index contributed by atoms with van der Waals surface area (Å²) in [4.78, 5) is 15.8. The summed E-state index contributed by atoms with van der Waals surface area (Å²) < 4.78 is 11.0. The Balaban J connectivity index is 1.66. The van der Waals surface area contributed by atoms with E-state index in [4.69, 9.17) is 9.47 Å². The molecule has 132 valence electrons. The first kappa shape index (κ1) is 17.7. The predicted octanol–water partition coefficient (Wildman–Crippen LogP) is 3.63. The van der Waals surface area contributed by atoms with Gasteiger partial charge in [-0.25, -0.2) is 0 Å². The third-order valence-electron chi connectivity index (χ3n) is 4.46. The molecule has 0 saturated carbocycles. The lowest BCUT2D eigenvalue weighted by atomic mass is 9.95. The van der Waals surface area contributed by atoms with Crippen molar-refractivity contribution in [2.45, 2.75) is 17.9 Å². The molecule has 0 aromatic heterocycles. The van der Waals surface area contributed by atoms with Crippen LogP contribution >= 0.6 is 11.8 Å². The van der Waals surface area contributed by atoms with Crippen LogP contribution in [-0.4, -0.2) is 37.8 Å². The molecular weight excluding hydrogens is 334 g/mol. The van der Waals surface area contributed by atoms with Gasteiger partial charge in [-0.15, -0.1) is 11.8 Å². The van der Waals surface area contributed by atoms with Crippen molar-refractivity contribution in [1.82, 2.24) is 4.90 Å². The Labute approximate surface area is 153 Å². The molecular formula is C20H23NO3S. The quantitative estimate of drug-likeness (QED) is 0.766. The minimum absolute atomic E-state index is 0.121. The Bertz CT molecular complexity index is 762. The van der Waals surface area contributed by atoms with Crippen molar-refractivity contribution in [2.24, 2.45) is 5.92 Å². The van der Waals surface area contributed by atoms with Gasteiger partial charge < -0.3 is 14.4 Å². The SMILES string of the molecule is COc1ccc2c(c1)OCC(C(=O)N(C)Cc1cccc(SC)c1)C2. The molecule has 25 heavy (non-hydrogen) atoms. The summed E-state index contributed by atoms with van der Waals surface area (Å²) in [7, 11) is 3.50. The number of nitrogens with zero attached hydrogens (tertiary/aromatic N) is 1. The van der Waals surface area contributed by atoms with Crippen LogP contribution in [0.4, 0.5) is 0 Å². The number of amides is 1. The van der Waals surface area contributed by atoms with E-state index in [-0.39, 0.29) is 11.8 Å². The van der Waals surface area contributed by atoms with Crippen molar-refractivity contribution in [3.05, 3.63) is 53.6 Å². The van der Waals surface area contributed by atoms with Crippen molar-refractivity contribution in [3.63, 3.8) is 0 Å². The molecule has 1 amide bonds. The fourth-order valence-electron chi connectivity index (χ4n) is 3.07. The molecule has 3 rings (SSSR count). The summed E-state index contributed by atoms with van der Waals surface area (Å²) in [6.07, 6.45) is 2.76. The average molecular weight is 357 g/mol. The van der Waals surface area contributed by atoms with E-state index in [2.05, 4.69) is 24.5 Å². The number of carbonyl (C=O) groups is 1. The molecule has 0 spiro atoms. The predicted molar refractivity (Wildman–Crippen MR) is 100 cm³/mol. The van der Waals surface area contributed by atoms with Gasteiger partial charge in [-0.05, 0) is 42.0 Å². The lowest BCUT2D eigenvalue weighted by Crippen LogP contribution is -2.38. The van der Waals surface area contributed by atoms with Crippen molar-refractivity contribution >= 4 is 17.7 Å². The summed E-state index contributed by atoms with van der Waals surface area (Å²) >= 11 is 1.71. The van der Waals surface area contributed by atoms with Crippen LogP contribution in [0.2, 0.25) is 0 Å². The zero-order chi connectivity index (χ0) is 17.8. The second-order valence-electron chi connectivity index (χ2n) is 6.23. The monoisotopic (exact) mass is 357 g/mol. The molecule has 1 aliphatic heterocycles. The Morgan fingerprint density at radius 3 is 2.92 bits per heavy atom. The maximum absolute atomic E-state index is 12.8. The van der Waals surface area contributed by atoms with Crippen LogP contribution in [0, 0.1) is 5.92 Å². The van der Waals surface area contributed by atoms with Crippen molar-refractivity contribution in [1.29, 1.82) is 0 Å². The third kappa shape index (κ3) is 4.10. The first-order chi connectivity index (χ1) is 12.1. The number of rotatable bonds is 5. The molecule has 1 aliphatic rings. The molecule has 4 nitrogen and oxygen atoms in total. The summed E-state index contributed by atoms with van der Waals surface area (Å²) in [5.74, 6) is 1.57. The standard InChI is InChI=1S/C20H23NO3S/c1-21(12-14-5-4-6-18(9-14)25-3)20(22)16-10-15-7-8-17(23-2)11-19(15)24-13-16/h4-9,11,16H,10,12-13H2,1-3H3. The highest BCUT2D eigenvalue weighted by Gasteiger charge is 2.28. The molecule has 1 unspecified atom stereocenters. The molecule has 0 fully saturated rings. The van der Waals surface area contributed by atoms with E-state index >= 15 is 0 Å². The number of thioether (sulfide) groups is 1. The average Bonchev–Trinajstić information content (AvgIpc) is 2.66. The van der Waals surface area contributed by atoms with Crippen LogP contribution in [-0.2, 0) is 17.8 Å². The van der Waals surface area contributed by atoms with Crippen LogP contribution in [0.3, 0.4) is 0 Å². The summed E-state index contributed by atoms with van der Waals surface area (Å²) in [5, 5.41) is 0. The number of hydrogen-bond acceptors (Lipinski definition) is 4. The van der Waals surface area contributed by atoms with E-state index in [0.717, 1.165) is 22.6 Å². The van der Waals surface area contributed by atoms with Gasteiger partial charge in [-0.3, -0.25) is 4.79 Å². The minimum Gasteiger partial charge on any atom is -0.497 e. The van der Waals surface area contributed by atoms with Crippen LogP contribution in [0.5, 0.6) is 11.5 Å². The smallest absolute Gasteiger partial charge is 0.229 e. The first-order valence-electron chi connectivity index (χ1n) is 8.28. The molecule has 0 bridgehead atoms. The summed E-state index contributed by atoms with van der Waals surface area (Å²) in [5.41, 5.74) is 2.20. The lowest BCUT2D eigenvalue weighted by Gasteiger charge is -2.28. The highest BCUT2D eigenvalue weighted by molar-refractivity contribution is 7.98. The van der Waals surface area contributed by atoms with E-state index in [1.165, 1.54) is 4.90 Å². The van der Waals surface area contributed by atoms with Gasteiger partial charge >= 0.3 is 0 Å². The number of ether oxygens (including phenoxy) is 2. The highest BCUT2D eigenvalue weighted by atomic mass is 32.2. The Morgan fingerprint density at radius 2 is 2.16 bits per heavy atom. The Hall–Kier alpha value is -2.14. The first-order valence-corrected chi connectivity index (χ1v) is 9.51. The lowest BCUT2D eigenvalue weighted by molar-refractivity contribution is -0.136. The summed E-state index contributed by atoms with van der Waals surface area (Å²) in [6.45, 7) is 1.02. The molecule has 0 radical (unpaired) electrons. The minimum atomic E-state index is -0.144. The van der Waals surface area contributed by atoms with E-state index in [1.807, 2.05) is 31.3 Å². The number of fused-ring (bicyclic) bond motifs is 1. The second kappa shape index (κ2) is 7.83. The molecule has 5 heteroatoms. The number of hydrogen-bond donors (Lipinski definition) is 0. The van der Waals surface area contributed by atoms with Crippen molar-refractivity contribution in [2.75, 3.05) is 27.0 Å². The van der Waals surface area contributed by atoms with E-state index < -0.39 is 0 Å². The van der Waals surface area contributed by atoms with E-state index in [1.54, 1.807) is 23.8 Å². The van der Waals surface area contributed by atoms with Crippen molar-refractivity contribution in [3.8, 4) is 11.5 Å². The maximum Gasteiger partial charge on any atom is 0.229 e. The van der Waals surface area contributed by atoms with Gasteiger partial charge in [0, 0.05) is 24.6 Å². The van der Waals surface area contributed by atoms with Gasteiger partial charge in [0.25, 0.3) is 0 Å². The van der Waals surface area contributed by atoms with Crippen LogP contribution in [0.15, 0.2) is 47.4 Å². The topological polar surface area (TPSA) is 38.8 Å². The van der Waals surface area contributed by atoms with Crippen LogP contribution in [0.25, 0.3) is 0 Å². The van der Waals surface area contributed by atoms with E-state index in [9.17, 15) is 4.79 Å². The van der Waals surface area contributed by atoms with Gasteiger partial charge in [0.05, 0.1) is 13.0 Å². The zero-order valence-corrected chi connectivity index (χ0v) is 15.6. The van der Waals surface area contributed by atoms with Crippen molar-refractivity contribution < 1.29 is 14.3 Å². The molecule has 0 saturated heterocycles.